The summed E-state index contributed by atoms with van der Waals surface area (Å²) >= 11 is 0. The highest BCUT2D eigenvalue weighted by Crippen LogP contribution is 2.33. The van der Waals surface area contributed by atoms with Gasteiger partial charge in [-0.1, -0.05) is 13.8 Å². The molecule has 0 saturated carbocycles. The summed E-state index contributed by atoms with van der Waals surface area (Å²) in [7, 11) is 0. The average Bonchev–Trinajstić information content (AvgIpc) is 2.96. The van der Waals surface area contributed by atoms with Crippen molar-refractivity contribution in [1.29, 1.82) is 0 Å². The Morgan fingerprint density at radius 3 is 2.60 bits per heavy atom. The van der Waals surface area contributed by atoms with E-state index in [1.807, 2.05) is 0 Å². The first-order valence-corrected chi connectivity index (χ1v) is 7.71. The van der Waals surface area contributed by atoms with Crippen molar-refractivity contribution in [3.05, 3.63) is 0 Å². The third-order valence-electron chi connectivity index (χ3n) is 4.47. The second-order valence-electron chi connectivity index (χ2n) is 6.73. The zero-order valence-corrected chi connectivity index (χ0v) is 12.4. The van der Waals surface area contributed by atoms with E-state index < -0.39 is 5.97 Å². The van der Waals surface area contributed by atoms with Gasteiger partial charge in [0.1, 0.15) is 0 Å². The van der Waals surface area contributed by atoms with Gasteiger partial charge < -0.3 is 15.7 Å². The minimum atomic E-state index is -0.786. The number of fused-ring (bicyclic) bond motifs is 2. The van der Waals surface area contributed by atoms with Crippen LogP contribution in [-0.4, -0.2) is 35.6 Å². The smallest absolute Gasteiger partial charge is 0.303 e. The SMILES string of the molecule is CC(C)CC(CNC(=O)C1CC2CCC1N2)CC(=O)O. The van der Waals surface area contributed by atoms with Crippen molar-refractivity contribution in [1.82, 2.24) is 10.6 Å². The molecule has 114 valence electrons. The van der Waals surface area contributed by atoms with Gasteiger partial charge in [-0.25, -0.2) is 0 Å². The Morgan fingerprint density at radius 1 is 1.35 bits per heavy atom. The van der Waals surface area contributed by atoms with Crippen LogP contribution in [0.5, 0.6) is 0 Å². The molecule has 20 heavy (non-hydrogen) atoms. The molecule has 2 fully saturated rings. The van der Waals surface area contributed by atoms with Gasteiger partial charge in [0.25, 0.3) is 0 Å². The number of hydrogen-bond donors (Lipinski definition) is 3. The third-order valence-corrected chi connectivity index (χ3v) is 4.47. The van der Waals surface area contributed by atoms with Gasteiger partial charge in [-0.3, -0.25) is 9.59 Å². The molecule has 2 heterocycles. The highest BCUT2D eigenvalue weighted by molar-refractivity contribution is 5.80. The molecule has 2 aliphatic heterocycles. The van der Waals surface area contributed by atoms with Crippen LogP contribution in [-0.2, 0) is 9.59 Å². The summed E-state index contributed by atoms with van der Waals surface area (Å²) < 4.78 is 0. The summed E-state index contributed by atoms with van der Waals surface area (Å²) in [6, 6.07) is 0.851. The molecule has 0 aliphatic carbocycles. The molecule has 1 amide bonds. The van der Waals surface area contributed by atoms with E-state index in [1.54, 1.807) is 0 Å². The molecule has 0 aromatic carbocycles. The normalized spacial score (nSPS) is 29.6. The van der Waals surface area contributed by atoms with Crippen LogP contribution < -0.4 is 10.6 Å². The third kappa shape index (κ3) is 3.95. The first kappa shape index (κ1) is 15.3. The van der Waals surface area contributed by atoms with E-state index in [0.717, 1.165) is 19.3 Å². The monoisotopic (exact) mass is 282 g/mol. The molecule has 2 bridgehead atoms. The van der Waals surface area contributed by atoms with E-state index >= 15 is 0 Å². The van der Waals surface area contributed by atoms with Gasteiger partial charge in [0.15, 0.2) is 0 Å². The number of carboxylic acid groups (broad SMARTS) is 1. The zero-order valence-electron chi connectivity index (χ0n) is 12.4. The van der Waals surface area contributed by atoms with E-state index in [4.69, 9.17) is 5.11 Å². The molecule has 5 heteroatoms. The second-order valence-corrected chi connectivity index (χ2v) is 6.73. The Bertz CT molecular complexity index is 370. The molecule has 2 saturated heterocycles. The highest BCUT2D eigenvalue weighted by Gasteiger charge is 2.42. The maximum Gasteiger partial charge on any atom is 0.303 e. The lowest BCUT2D eigenvalue weighted by Gasteiger charge is -2.22. The molecule has 4 atom stereocenters. The predicted molar refractivity (Wildman–Crippen MR) is 76.3 cm³/mol. The summed E-state index contributed by atoms with van der Waals surface area (Å²) in [5.41, 5.74) is 0. The van der Waals surface area contributed by atoms with Crippen LogP contribution in [0.25, 0.3) is 0 Å². The van der Waals surface area contributed by atoms with Gasteiger partial charge in [0, 0.05) is 25.0 Å². The van der Waals surface area contributed by atoms with Crippen LogP contribution in [0.15, 0.2) is 0 Å². The quantitative estimate of drug-likeness (QED) is 0.659. The number of amides is 1. The molecule has 2 rings (SSSR count). The van der Waals surface area contributed by atoms with Crippen LogP contribution in [0.3, 0.4) is 0 Å². The molecule has 0 aromatic heterocycles. The molecule has 2 aliphatic rings. The van der Waals surface area contributed by atoms with E-state index in [9.17, 15) is 9.59 Å². The predicted octanol–water partition coefficient (Wildman–Crippen LogP) is 1.38. The molecule has 4 unspecified atom stereocenters. The summed E-state index contributed by atoms with van der Waals surface area (Å²) in [5, 5.41) is 15.4. The fourth-order valence-corrected chi connectivity index (χ4v) is 3.64. The molecule has 0 aromatic rings. The van der Waals surface area contributed by atoms with Crippen molar-refractivity contribution < 1.29 is 14.7 Å². The fourth-order valence-electron chi connectivity index (χ4n) is 3.64. The van der Waals surface area contributed by atoms with E-state index in [-0.39, 0.29) is 24.2 Å². The first-order valence-electron chi connectivity index (χ1n) is 7.71. The Hall–Kier alpha value is -1.10. The lowest BCUT2D eigenvalue weighted by molar-refractivity contribution is -0.138. The number of rotatable bonds is 7. The van der Waals surface area contributed by atoms with Gasteiger partial charge in [-0.2, -0.15) is 0 Å². The van der Waals surface area contributed by atoms with Crippen molar-refractivity contribution in [2.24, 2.45) is 17.8 Å². The van der Waals surface area contributed by atoms with Gasteiger partial charge >= 0.3 is 5.97 Å². The fraction of sp³-hybridized carbons (Fsp3) is 0.867. The second kappa shape index (κ2) is 6.57. The number of carbonyl (C=O) groups is 2. The highest BCUT2D eigenvalue weighted by atomic mass is 16.4. The standard InChI is InChI=1S/C15H26N2O3/c1-9(2)5-10(6-14(18)19)8-16-15(20)12-7-11-3-4-13(12)17-11/h9-13,17H,3-8H2,1-2H3,(H,16,20)(H,18,19). The minimum Gasteiger partial charge on any atom is -0.481 e. The average molecular weight is 282 g/mol. The van der Waals surface area contributed by atoms with Gasteiger partial charge in [0.05, 0.1) is 5.92 Å². The van der Waals surface area contributed by atoms with Crippen molar-refractivity contribution in [3.63, 3.8) is 0 Å². The van der Waals surface area contributed by atoms with Gasteiger partial charge in [-0.15, -0.1) is 0 Å². The maximum atomic E-state index is 12.2. The molecule has 5 nitrogen and oxygen atoms in total. The Morgan fingerprint density at radius 2 is 2.10 bits per heavy atom. The van der Waals surface area contributed by atoms with Gasteiger partial charge in [0.2, 0.25) is 5.91 Å². The van der Waals surface area contributed by atoms with Crippen LogP contribution in [0.1, 0.15) is 46.0 Å². The first-order chi connectivity index (χ1) is 9.45. The van der Waals surface area contributed by atoms with Crippen LogP contribution >= 0.6 is 0 Å². The lowest BCUT2D eigenvalue weighted by Crippen LogP contribution is -2.40. The summed E-state index contributed by atoms with van der Waals surface area (Å²) in [4.78, 5) is 23.1. The van der Waals surface area contributed by atoms with Crippen molar-refractivity contribution in [2.45, 2.75) is 58.0 Å². The Labute approximate surface area is 120 Å². The lowest BCUT2D eigenvalue weighted by atomic mass is 9.88. The number of carbonyl (C=O) groups excluding carboxylic acids is 1. The van der Waals surface area contributed by atoms with Crippen LogP contribution in [0.4, 0.5) is 0 Å². The molecule has 0 spiro atoms. The topological polar surface area (TPSA) is 78.4 Å². The summed E-state index contributed by atoms with van der Waals surface area (Å²) in [6.07, 6.45) is 4.18. The number of aliphatic carboxylic acids is 1. The number of nitrogens with one attached hydrogen (secondary N) is 2. The molecular weight excluding hydrogens is 256 g/mol. The Balaban J connectivity index is 1.79. The summed E-state index contributed by atoms with van der Waals surface area (Å²) in [6.45, 7) is 4.64. The number of hydrogen-bond acceptors (Lipinski definition) is 3. The molecular formula is C15H26N2O3. The molecule has 3 N–H and O–H groups in total. The van der Waals surface area contributed by atoms with E-state index in [2.05, 4.69) is 24.5 Å². The molecule has 0 radical (unpaired) electrons. The summed E-state index contributed by atoms with van der Waals surface area (Å²) in [5.74, 6) is -0.128. The number of carboxylic acids is 1. The van der Waals surface area contributed by atoms with Crippen LogP contribution in [0, 0.1) is 17.8 Å². The van der Waals surface area contributed by atoms with Crippen molar-refractivity contribution in [3.8, 4) is 0 Å². The van der Waals surface area contributed by atoms with Gasteiger partial charge in [-0.05, 0) is 37.5 Å². The largest absolute Gasteiger partial charge is 0.481 e. The maximum absolute atomic E-state index is 12.2. The van der Waals surface area contributed by atoms with E-state index in [1.165, 1.54) is 6.42 Å². The minimum absolute atomic E-state index is 0.0306. The Kier molecular flexibility index (Phi) is 5.02. The van der Waals surface area contributed by atoms with Crippen molar-refractivity contribution >= 4 is 11.9 Å². The zero-order chi connectivity index (χ0) is 14.7. The van der Waals surface area contributed by atoms with E-state index in [0.29, 0.717) is 24.5 Å². The van der Waals surface area contributed by atoms with Crippen molar-refractivity contribution in [2.75, 3.05) is 6.54 Å². The van der Waals surface area contributed by atoms with Crippen LogP contribution in [0.2, 0.25) is 0 Å².